The van der Waals surface area contributed by atoms with E-state index in [0.717, 1.165) is 43.1 Å². The molecule has 1 aromatic heterocycles. The highest BCUT2D eigenvalue weighted by molar-refractivity contribution is 5.56. The Balaban J connectivity index is 2.48. The van der Waals surface area contributed by atoms with Gasteiger partial charge in [0.05, 0.1) is 0 Å². The van der Waals surface area contributed by atoms with E-state index in [0.29, 0.717) is 11.9 Å². The number of anilines is 2. The van der Waals surface area contributed by atoms with Crippen molar-refractivity contribution in [3.8, 4) is 0 Å². The molecule has 6 nitrogen and oxygen atoms in total. The average Bonchev–Trinajstić information content (AvgIpc) is 2.47. The van der Waals surface area contributed by atoms with Crippen LogP contribution in [0.2, 0.25) is 0 Å². The van der Waals surface area contributed by atoms with Crippen LogP contribution in [0.3, 0.4) is 0 Å². The Bertz CT molecular complexity index is 432. The standard InChI is InChI=1S/C15H30N6/c1-6-13-18-14(12(4)15(19-13)20-16)17-9-7-8-10-21(5)11(2)3/h11H,6-10,16H2,1-5H3,(H2,17,18,19,20). The van der Waals surface area contributed by atoms with Gasteiger partial charge in [0.1, 0.15) is 17.5 Å². The van der Waals surface area contributed by atoms with Gasteiger partial charge >= 0.3 is 0 Å². The molecule has 0 aromatic carbocycles. The molecule has 1 heterocycles. The van der Waals surface area contributed by atoms with Crippen molar-refractivity contribution in [1.82, 2.24) is 14.9 Å². The topological polar surface area (TPSA) is 79.1 Å². The summed E-state index contributed by atoms with van der Waals surface area (Å²) in [6.07, 6.45) is 3.09. The molecule has 6 heteroatoms. The molecule has 4 N–H and O–H groups in total. The van der Waals surface area contributed by atoms with Gasteiger partial charge in [0.15, 0.2) is 0 Å². The van der Waals surface area contributed by atoms with Crippen molar-refractivity contribution in [3.05, 3.63) is 11.4 Å². The minimum absolute atomic E-state index is 0.604. The lowest BCUT2D eigenvalue weighted by Gasteiger charge is -2.20. The summed E-state index contributed by atoms with van der Waals surface area (Å²) >= 11 is 0. The molecule has 0 aliphatic rings. The molecule has 0 bridgehead atoms. The van der Waals surface area contributed by atoms with Gasteiger partial charge in [-0.1, -0.05) is 6.92 Å². The van der Waals surface area contributed by atoms with Gasteiger partial charge in [0.25, 0.3) is 0 Å². The third-order valence-corrected chi connectivity index (χ3v) is 3.76. The predicted octanol–water partition coefficient (Wildman–Crippen LogP) is 2.17. The largest absolute Gasteiger partial charge is 0.370 e. The van der Waals surface area contributed by atoms with Crippen LogP contribution in [0.15, 0.2) is 0 Å². The molecule has 120 valence electrons. The molecular weight excluding hydrogens is 264 g/mol. The first-order valence-electron chi connectivity index (χ1n) is 7.77. The molecule has 1 aromatic rings. The Morgan fingerprint density at radius 1 is 1.19 bits per heavy atom. The second-order valence-corrected chi connectivity index (χ2v) is 5.67. The highest BCUT2D eigenvalue weighted by Gasteiger charge is 2.09. The number of hydrogen-bond donors (Lipinski definition) is 3. The van der Waals surface area contributed by atoms with Crippen molar-refractivity contribution in [2.75, 3.05) is 30.9 Å². The molecule has 1 rings (SSSR count). The molecular formula is C15H30N6. The summed E-state index contributed by atoms with van der Waals surface area (Å²) in [5.41, 5.74) is 3.61. The number of aromatic nitrogens is 2. The van der Waals surface area contributed by atoms with Gasteiger partial charge in [0, 0.05) is 24.6 Å². The van der Waals surface area contributed by atoms with Crippen LogP contribution >= 0.6 is 0 Å². The maximum absolute atomic E-state index is 5.51. The van der Waals surface area contributed by atoms with Crippen LogP contribution in [0.5, 0.6) is 0 Å². The minimum atomic E-state index is 0.604. The van der Waals surface area contributed by atoms with Crippen molar-refractivity contribution in [3.63, 3.8) is 0 Å². The van der Waals surface area contributed by atoms with E-state index in [1.54, 1.807) is 0 Å². The first-order chi connectivity index (χ1) is 9.99. The molecule has 0 atom stereocenters. The fourth-order valence-electron chi connectivity index (χ4n) is 1.98. The molecule has 0 fully saturated rings. The summed E-state index contributed by atoms with van der Waals surface area (Å²) in [4.78, 5) is 11.3. The second-order valence-electron chi connectivity index (χ2n) is 5.67. The lowest BCUT2D eigenvalue weighted by atomic mass is 10.2. The number of hydrazine groups is 1. The van der Waals surface area contributed by atoms with E-state index in [1.165, 1.54) is 6.42 Å². The zero-order valence-corrected chi connectivity index (χ0v) is 14.0. The lowest BCUT2D eigenvalue weighted by molar-refractivity contribution is 0.269. The normalized spacial score (nSPS) is 11.2. The Morgan fingerprint density at radius 3 is 2.43 bits per heavy atom. The Hall–Kier alpha value is -1.40. The molecule has 0 saturated heterocycles. The highest BCUT2D eigenvalue weighted by Crippen LogP contribution is 2.19. The van der Waals surface area contributed by atoms with Gasteiger partial charge in [-0.2, -0.15) is 0 Å². The summed E-state index contributed by atoms with van der Waals surface area (Å²) in [7, 11) is 2.17. The molecule has 0 unspecified atom stereocenters. The van der Waals surface area contributed by atoms with Crippen molar-refractivity contribution in [2.24, 2.45) is 5.84 Å². The van der Waals surface area contributed by atoms with Crippen molar-refractivity contribution in [2.45, 2.75) is 53.0 Å². The number of rotatable bonds is 9. The summed E-state index contributed by atoms with van der Waals surface area (Å²) in [5.74, 6) is 7.89. The minimum Gasteiger partial charge on any atom is -0.370 e. The fraction of sp³-hybridized carbons (Fsp3) is 0.733. The number of hydrogen-bond acceptors (Lipinski definition) is 6. The van der Waals surface area contributed by atoms with Gasteiger partial charge in [0.2, 0.25) is 0 Å². The van der Waals surface area contributed by atoms with Gasteiger partial charge in [-0.3, -0.25) is 0 Å². The van der Waals surface area contributed by atoms with Gasteiger partial charge in [-0.15, -0.1) is 0 Å². The van der Waals surface area contributed by atoms with Crippen LogP contribution in [0.4, 0.5) is 11.6 Å². The van der Waals surface area contributed by atoms with E-state index in [4.69, 9.17) is 5.84 Å². The van der Waals surface area contributed by atoms with E-state index < -0.39 is 0 Å². The Kier molecular flexibility index (Phi) is 7.39. The van der Waals surface area contributed by atoms with Crippen LogP contribution in [0, 0.1) is 6.92 Å². The predicted molar refractivity (Wildman–Crippen MR) is 89.4 cm³/mol. The highest BCUT2D eigenvalue weighted by atomic mass is 15.3. The first kappa shape index (κ1) is 17.7. The average molecular weight is 294 g/mol. The molecule has 0 radical (unpaired) electrons. The van der Waals surface area contributed by atoms with Gasteiger partial charge in [-0.05, 0) is 47.2 Å². The maximum Gasteiger partial charge on any atom is 0.148 e. The number of nitrogens with zero attached hydrogens (tertiary/aromatic N) is 3. The smallest absolute Gasteiger partial charge is 0.148 e. The lowest BCUT2D eigenvalue weighted by Crippen LogP contribution is -2.27. The number of unbranched alkanes of at least 4 members (excludes halogenated alkanes) is 1. The molecule has 0 amide bonds. The fourth-order valence-corrected chi connectivity index (χ4v) is 1.98. The quantitative estimate of drug-likeness (QED) is 0.368. The Labute approximate surface area is 128 Å². The van der Waals surface area contributed by atoms with Gasteiger partial charge < -0.3 is 15.6 Å². The number of nitrogen functional groups attached to an aromatic ring is 1. The summed E-state index contributed by atoms with van der Waals surface area (Å²) in [6.45, 7) is 10.5. The monoisotopic (exact) mass is 294 g/mol. The third kappa shape index (κ3) is 5.47. The Morgan fingerprint density at radius 2 is 1.86 bits per heavy atom. The van der Waals surface area contributed by atoms with Crippen molar-refractivity contribution < 1.29 is 0 Å². The molecule has 0 aliphatic heterocycles. The van der Waals surface area contributed by atoms with Crippen LogP contribution < -0.4 is 16.6 Å². The van der Waals surface area contributed by atoms with Crippen LogP contribution in [-0.4, -0.2) is 41.0 Å². The first-order valence-corrected chi connectivity index (χ1v) is 7.77. The van der Waals surface area contributed by atoms with Crippen LogP contribution in [-0.2, 0) is 6.42 Å². The summed E-state index contributed by atoms with van der Waals surface area (Å²) in [6, 6.07) is 0.604. The maximum atomic E-state index is 5.51. The number of nitrogens with two attached hydrogens (primary N) is 1. The molecule has 21 heavy (non-hydrogen) atoms. The summed E-state index contributed by atoms with van der Waals surface area (Å²) < 4.78 is 0. The van der Waals surface area contributed by atoms with Crippen molar-refractivity contribution >= 4 is 11.6 Å². The van der Waals surface area contributed by atoms with E-state index in [9.17, 15) is 0 Å². The van der Waals surface area contributed by atoms with Crippen LogP contribution in [0.25, 0.3) is 0 Å². The van der Waals surface area contributed by atoms with E-state index in [-0.39, 0.29) is 0 Å². The number of aryl methyl sites for hydroxylation is 1. The zero-order chi connectivity index (χ0) is 15.8. The van der Waals surface area contributed by atoms with E-state index >= 15 is 0 Å². The zero-order valence-electron chi connectivity index (χ0n) is 14.0. The molecule has 0 aliphatic carbocycles. The van der Waals surface area contributed by atoms with Crippen LogP contribution in [0.1, 0.15) is 45.0 Å². The third-order valence-electron chi connectivity index (χ3n) is 3.76. The number of nitrogens with one attached hydrogen (secondary N) is 2. The van der Waals surface area contributed by atoms with E-state index in [2.05, 4.69) is 46.5 Å². The van der Waals surface area contributed by atoms with E-state index in [1.807, 2.05) is 13.8 Å². The molecule has 0 saturated carbocycles. The molecule has 0 spiro atoms. The van der Waals surface area contributed by atoms with Crippen molar-refractivity contribution in [1.29, 1.82) is 0 Å². The summed E-state index contributed by atoms with van der Waals surface area (Å²) in [5, 5.41) is 3.40. The van der Waals surface area contributed by atoms with Gasteiger partial charge in [-0.25, -0.2) is 15.8 Å². The second kappa shape index (κ2) is 8.79. The SMILES string of the molecule is CCc1nc(NN)c(C)c(NCCCCN(C)C(C)C)n1.